The highest BCUT2D eigenvalue weighted by Gasteiger charge is 2.50. The Balaban J connectivity index is 1.96. The standard InChI is InChI=1S/C18H21NO4/c1-23-17(22)14-15(20)13-8-7-12(11-5-6-11)19(13)18(16(14)21)9-3-2-4-10-18/h7-8,11,21H,2-6,9-10H2,1H3. The number of aliphatic hydroxyl groups excluding tert-OH is 1. The molecule has 1 N–H and O–H groups in total. The molecule has 0 saturated heterocycles. The van der Waals surface area contributed by atoms with Crippen LogP contribution in [-0.2, 0) is 15.1 Å². The van der Waals surface area contributed by atoms with E-state index < -0.39 is 17.3 Å². The maximum Gasteiger partial charge on any atom is 0.345 e. The van der Waals surface area contributed by atoms with Crippen molar-refractivity contribution in [3.8, 4) is 0 Å². The Morgan fingerprint density at radius 1 is 1.26 bits per heavy atom. The van der Waals surface area contributed by atoms with E-state index in [1.165, 1.54) is 7.11 Å². The number of carbonyl (C=O) groups is 2. The maximum absolute atomic E-state index is 12.8. The number of ketones is 1. The highest BCUT2D eigenvalue weighted by atomic mass is 16.5. The second kappa shape index (κ2) is 4.98. The van der Waals surface area contributed by atoms with Gasteiger partial charge in [0.15, 0.2) is 0 Å². The molecule has 1 aliphatic heterocycles. The fraction of sp³-hybridized carbons (Fsp3) is 0.556. The molecule has 2 saturated carbocycles. The van der Waals surface area contributed by atoms with E-state index in [-0.39, 0.29) is 11.3 Å². The fourth-order valence-electron chi connectivity index (χ4n) is 4.27. The van der Waals surface area contributed by atoms with Gasteiger partial charge in [0, 0.05) is 5.69 Å². The Morgan fingerprint density at radius 3 is 2.57 bits per heavy atom. The van der Waals surface area contributed by atoms with Crippen LogP contribution in [0.2, 0.25) is 0 Å². The van der Waals surface area contributed by atoms with Crippen LogP contribution >= 0.6 is 0 Å². The lowest BCUT2D eigenvalue weighted by molar-refractivity contribution is -0.136. The van der Waals surface area contributed by atoms with Gasteiger partial charge in [0.25, 0.3) is 0 Å². The Hall–Kier alpha value is -2.04. The molecule has 5 nitrogen and oxygen atoms in total. The first kappa shape index (κ1) is 14.5. The predicted octanol–water partition coefficient (Wildman–Crippen LogP) is 3.21. The number of carbonyl (C=O) groups excluding carboxylic acids is 2. The summed E-state index contributed by atoms with van der Waals surface area (Å²) >= 11 is 0. The Kier molecular flexibility index (Phi) is 3.15. The van der Waals surface area contributed by atoms with Gasteiger partial charge in [-0.3, -0.25) is 4.79 Å². The minimum atomic E-state index is -0.738. The van der Waals surface area contributed by atoms with Gasteiger partial charge in [-0.25, -0.2) is 4.79 Å². The van der Waals surface area contributed by atoms with Crippen LogP contribution < -0.4 is 0 Å². The van der Waals surface area contributed by atoms with Crippen LogP contribution in [0.4, 0.5) is 0 Å². The Labute approximate surface area is 134 Å². The first-order valence-corrected chi connectivity index (χ1v) is 8.39. The zero-order valence-corrected chi connectivity index (χ0v) is 13.3. The molecule has 23 heavy (non-hydrogen) atoms. The number of esters is 1. The summed E-state index contributed by atoms with van der Waals surface area (Å²) < 4.78 is 6.81. The van der Waals surface area contributed by atoms with Crippen LogP contribution in [0.1, 0.15) is 67.0 Å². The van der Waals surface area contributed by atoms with Crippen LogP contribution in [0.5, 0.6) is 0 Å². The first-order valence-electron chi connectivity index (χ1n) is 8.39. The van der Waals surface area contributed by atoms with Gasteiger partial charge in [0.2, 0.25) is 5.78 Å². The zero-order chi connectivity index (χ0) is 16.2. The van der Waals surface area contributed by atoms with Crippen molar-refractivity contribution in [3.63, 3.8) is 0 Å². The van der Waals surface area contributed by atoms with Crippen LogP contribution in [0.15, 0.2) is 23.5 Å². The van der Waals surface area contributed by atoms with Gasteiger partial charge in [-0.15, -0.1) is 0 Å². The van der Waals surface area contributed by atoms with E-state index in [0.717, 1.165) is 50.6 Å². The zero-order valence-electron chi connectivity index (χ0n) is 13.3. The number of nitrogens with zero attached hydrogens (tertiary/aromatic N) is 1. The summed E-state index contributed by atoms with van der Waals surface area (Å²) in [6.07, 6.45) is 6.85. The minimum Gasteiger partial charge on any atom is -0.509 e. The number of aromatic nitrogens is 1. The van der Waals surface area contributed by atoms with Crippen molar-refractivity contribution in [1.29, 1.82) is 0 Å². The second-order valence-electron chi connectivity index (χ2n) is 6.89. The molecular weight excluding hydrogens is 294 g/mol. The molecular formula is C18H21NO4. The number of allylic oxidation sites excluding steroid dienone is 1. The van der Waals surface area contributed by atoms with Gasteiger partial charge in [-0.1, -0.05) is 19.3 Å². The number of methoxy groups -OCH3 is 1. The van der Waals surface area contributed by atoms with Gasteiger partial charge >= 0.3 is 5.97 Å². The number of aliphatic hydroxyl groups is 1. The normalized spacial score (nSPS) is 23.1. The van der Waals surface area contributed by atoms with Crippen LogP contribution in [0.3, 0.4) is 0 Å². The maximum atomic E-state index is 12.8. The molecule has 0 bridgehead atoms. The van der Waals surface area contributed by atoms with Crippen molar-refractivity contribution >= 4 is 11.8 Å². The molecule has 2 heterocycles. The average Bonchev–Trinajstić information content (AvgIpc) is 3.32. The lowest BCUT2D eigenvalue weighted by atomic mass is 9.75. The molecule has 0 unspecified atom stereocenters. The van der Waals surface area contributed by atoms with Crippen molar-refractivity contribution in [2.24, 2.45) is 0 Å². The highest BCUT2D eigenvalue weighted by Crippen LogP contribution is 2.50. The predicted molar refractivity (Wildman–Crippen MR) is 83.5 cm³/mol. The summed E-state index contributed by atoms with van der Waals surface area (Å²) in [5, 5.41) is 10.9. The lowest BCUT2D eigenvalue weighted by Crippen LogP contribution is -2.46. The molecule has 3 aliphatic rings. The van der Waals surface area contributed by atoms with Crippen molar-refractivity contribution < 1.29 is 19.4 Å². The van der Waals surface area contributed by atoms with Crippen LogP contribution in [0.25, 0.3) is 0 Å². The van der Waals surface area contributed by atoms with Crippen molar-refractivity contribution in [1.82, 2.24) is 4.57 Å². The monoisotopic (exact) mass is 315 g/mol. The van der Waals surface area contributed by atoms with Gasteiger partial charge in [-0.05, 0) is 43.7 Å². The molecule has 2 fully saturated rings. The highest BCUT2D eigenvalue weighted by molar-refractivity contribution is 6.24. The third-order valence-corrected chi connectivity index (χ3v) is 5.54. The number of ether oxygens (including phenoxy) is 1. The number of rotatable bonds is 2. The smallest absolute Gasteiger partial charge is 0.345 e. The van der Waals surface area contributed by atoms with E-state index >= 15 is 0 Å². The van der Waals surface area contributed by atoms with Gasteiger partial charge < -0.3 is 14.4 Å². The van der Waals surface area contributed by atoms with Gasteiger partial charge in [0.05, 0.1) is 12.8 Å². The van der Waals surface area contributed by atoms with E-state index in [0.29, 0.717) is 11.6 Å². The van der Waals surface area contributed by atoms with E-state index in [4.69, 9.17) is 4.74 Å². The molecule has 0 aromatic carbocycles. The van der Waals surface area contributed by atoms with Gasteiger partial charge in [-0.2, -0.15) is 0 Å². The molecule has 2 aliphatic carbocycles. The fourth-order valence-corrected chi connectivity index (χ4v) is 4.27. The van der Waals surface area contributed by atoms with Gasteiger partial charge in [0.1, 0.15) is 16.9 Å². The van der Waals surface area contributed by atoms with E-state index in [1.807, 2.05) is 16.7 Å². The van der Waals surface area contributed by atoms with E-state index in [1.54, 1.807) is 0 Å². The Bertz CT molecular complexity index is 717. The van der Waals surface area contributed by atoms with E-state index in [9.17, 15) is 14.7 Å². The van der Waals surface area contributed by atoms with Crippen LogP contribution in [-0.4, -0.2) is 28.5 Å². The molecule has 1 aromatic heterocycles. The minimum absolute atomic E-state index is 0.0837. The largest absolute Gasteiger partial charge is 0.509 e. The average molecular weight is 315 g/mol. The molecule has 122 valence electrons. The SMILES string of the molecule is COC(=O)C1=C(O)C2(CCCCC2)n2c(ccc2C2CC2)C1=O. The number of hydrogen-bond donors (Lipinski definition) is 1. The molecule has 1 spiro atoms. The second-order valence-corrected chi connectivity index (χ2v) is 6.89. The number of Topliss-reactive ketones (excluding diaryl/α,β-unsaturated/α-hetero) is 1. The Morgan fingerprint density at radius 2 is 1.96 bits per heavy atom. The number of fused-ring (bicyclic) bond motifs is 2. The summed E-state index contributed by atoms with van der Waals surface area (Å²) in [7, 11) is 1.24. The summed E-state index contributed by atoms with van der Waals surface area (Å²) in [4.78, 5) is 24.9. The molecule has 0 radical (unpaired) electrons. The summed E-state index contributed by atoms with van der Waals surface area (Å²) in [6.45, 7) is 0. The van der Waals surface area contributed by atoms with Crippen LogP contribution in [0, 0.1) is 0 Å². The van der Waals surface area contributed by atoms with Crippen molar-refractivity contribution in [2.75, 3.05) is 7.11 Å². The summed E-state index contributed by atoms with van der Waals surface area (Å²) in [6, 6.07) is 3.80. The molecule has 5 heteroatoms. The summed E-state index contributed by atoms with van der Waals surface area (Å²) in [5.74, 6) is -0.766. The van der Waals surface area contributed by atoms with E-state index in [2.05, 4.69) is 0 Å². The molecule has 1 aromatic rings. The number of hydrogen-bond acceptors (Lipinski definition) is 4. The third kappa shape index (κ3) is 1.92. The quantitative estimate of drug-likeness (QED) is 0.672. The topological polar surface area (TPSA) is 68.5 Å². The molecule has 0 amide bonds. The summed E-state index contributed by atoms with van der Waals surface area (Å²) in [5.41, 5.74) is 0.826. The molecule has 0 atom stereocenters. The lowest BCUT2D eigenvalue weighted by Gasteiger charge is -2.43. The third-order valence-electron chi connectivity index (χ3n) is 5.54. The van der Waals surface area contributed by atoms with Crippen molar-refractivity contribution in [2.45, 2.75) is 56.4 Å². The molecule has 4 rings (SSSR count). The van der Waals surface area contributed by atoms with Crippen molar-refractivity contribution in [3.05, 3.63) is 34.9 Å². The first-order chi connectivity index (χ1) is 11.1.